The first-order chi connectivity index (χ1) is 7.29. The Labute approximate surface area is 93.8 Å². The van der Waals surface area contributed by atoms with Crippen LogP contribution in [0.25, 0.3) is 0 Å². The monoisotopic (exact) mass is 227 g/mol. The fourth-order valence-corrected chi connectivity index (χ4v) is 2.05. The van der Waals surface area contributed by atoms with Crippen molar-refractivity contribution in [3.8, 4) is 5.88 Å². The van der Waals surface area contributed by atoms with E-state index in [1.807, 2.05) is 0 Å². The first kappa shape index (κ1) is 10.6. The lowest BCUT2D eigenvalue weighted by molar-refractivity contribution is 0.154. The molecule has 5 heteroatoms. The lowest BCUT2D eigenvalue weighted by atomic mass is 10.1. The average Bonchev–Trinajstić information content (AvgIpc) is 2.69. The van der Waals surface area contributed by atoms with Crippen molar-refractivity contribution in [2.45, 2.75) is 25.4 Å². The normalized spacial score (nSPS) is 25.5. The molecule has 1 aliphatic rings. The fourth-order valence-electron chi connectivity index (χ4n) is 1.95. The van der Waals surface area contributed by atoms with Crippen LogP contribution in [0.4, 0.5) is 0 Å². The van der Waals surface area contributed by atoms with E-state index in [1.165, 1.54) is 6.42 Å². The molecule has 0 amide bonds. The van der Waals surface area contributed by atoms with Crippen molar-refractivity contribution in [3.05, 3.63) is 17.3 Å². The first-order valence-electron chi connectivity index (χ1n) is 5.15. The van der Waals surface area contributed by atoms with Crippen LogP contribution in [0.5, 0.6) is 5.88 Å². The van der Waals surface area contributed by atoms with Gasteiger partial charge in [0.25, 0.3) is 0 Å². The second-order valence-corrected chi connectivity index (χ2v) is 4.16. The highest BCUT2D eigenvalue weighted by molar-refractivity contribution is 6.29. The summed E-state index contributed by atoms with van der Waals surface area (Å²) >= 11 is 5.64. The number of hydrogen-bond acceptors (Lipinski definition) is 4. The van der Waals surface area contributed by atoms with Gasteiger partial charge in [0.2, 0.25) is 5.88 Å². The fraction of sp³-hybridized carbons (Fsp3) is 0.600. The van der Waals surface area contributed by atoms with Crippen LogP contribution in [0.1, 0.15) is 19.3 Å². The Morgan fingerprint density at radius 3 is 2.93 bits per heavy atom. The highest BCUT2D eigenvalue weighted by atomic mass is 35.5. The third kappa shape index (κ3) is 2.58. The van der Waals surface area contributed by atoms with Crippen molar-refractivity contribution in [1.82, 2.24) is 10.2 Å². The number of nitrogens with two attached hydrogens (primary N) is 1. The number of ether oxygens (including phenoxy) is 1. The van der Waals surface area contributed by atoms with Gasteiger partial charge in [0.1, 0.15) is 6.10 Å². The van der Waals surface area contributed by atoms with E-state index in [2.05, 4.69) is 10.2 Å². The van der Waals surface area contributed by atoms with Crippen LogP contribution >= 0.6 is 11.6 Å². The molecule has 0 saturated heterocycles. The third-order valence-electron chi connectivity index (χ3n) is 2.77. The molecule has 1 aromatic heterocycles. The van der Waals surface area contributed by atoms with E-state index in [4.69, 9.17) is 22.1 Å². The zero-order chi connectivity index (χ0) is 10.7. The summed E-state index contributed by atoms with van der Waals surface area (Å²) in [5, 5.41) is 7.98. The molecule has 1 aromatic rings. The van der Waals surface area contributed by atoms with Crippen molar-refractivity contribution in [2.24, 2.45) is 11.7 Å². The van der Waals surface area contributed by atoms with Crippen LogP contribution in [0.2, 0.25) is 5.15 Å². The molecule has 2 atom stereocenters. The van der Waals surface area contributed by atoms with E-state index in [9.17, 15) is 0 Å². The minimum Gasteiger partial charge on any atom is -0.473 e. The molecule has 0 radical (unpaired) electrons. The van der Waals surface area contributed by atoms with Gasteiger partial charge in [-0.3, -0.25) is 0 Å². The maximum Gasteiger partial charge on any atom is 0.233 e. The van der Waals surface area contributed by atoms with Gasteiger partial charge in [0.15, 0.2) is 5.15 Å². The lowest BCUT2D eigenvalue weighted by Crippen LogP contribution is -2.27. The van der Waals surface area contributed by atoms with Gasteiger partial charge in [-0.2, -0.15) is 0 Å². The van der Waals surface area contributed by atoms with Crippen molar-refractivity contribution in [2.75, 3.05) is 6.54 Å². The van der Waals surface area contributed by atoms with Gasteiger partial charge >= 0.3 is 0 Å². The molecule has 0 bridgehead atoms. The minimum atomic E-state index is 0.186. The predicted molar refractivity (Wildman–Crippen MR) is 57.9 cm³/mol. The Morgan fingerprint density at radius 1 is 1.40 bits per heavy atom. The highest BCUT2D eigenvalue weighted by Gasteiger charge is 2.28. The number of halogens is 1. The number of hydrogen-bond donors (Lipinski definition) is 1. The molecule has 1 aliphatic carbocycles. The average molecular weight is 228 g/mol. The number of rotatable bonds is 3. The summed E-state index contributed by atoms with van der Waals surface area (Å²) in [4.78, 5) is 0. The molecular weight excluding hydrogens is 214 g/mol. The molecule has 0 spiro atoms. The third-order valence-corrected chi connectivity index (χ3v) is 2.97. The summed E-state index contributed by atoms with van der Waals surface area (Å²) in [6.07, 6.45) is 3.55. The number of aromatic nitrogens is 2. The molecule has 0 aromatic carbocycles. The number of nitrogens with zero attached hydrogens (tertiary/aromatic N) is 2. The molecular formula is C10H14ClN3O. The van der Waals surface area contributed by atoms with Gasteiger partial charge in [-0.15, -0.1) is 10.2 Å². The van der Waals surface area contributed by atoms with Gasteiger partial charge in [0, 0.05) is 12.0 Å². The highest BCUT2D eigenvalue weighted by Crippen LogP contribution is 2.28. The van der Waals surface area contributed by atoms with E-state index in [0.717, 1.165) is 12.8 Å². The van der Waals surface area contributed by atoms with Gasteiger partial charge in [-0.1, -0.05) is 11.6 Å². The van der Waals surface area contributed by atoms with Crippen LogP contribution < -0.4 is 10.5 Å². The van der Waals surface area contributed by atoms with Crippen LogP contribution in [-0.2, 0) is 0 Å². The van der Waals surface area contributed by atoms with Gasteiger partial charge in [-0.05, 0) is 31.9 Å². The second kappa shape index (κ2) is 4.77. The van der Waals surface area contributed by atoms with Gasteiger partial charge in [0.05, 0.1) is 0 Å². The molecule has 4 nitrogen and oxygen atoms in total. The van der Waals surface area contributed by atoms with Crippen molar-refractivity contribution >= 4 is 11.6 Å². The molecule has 1 heterocycles. The summed E-state index contributed by atoms with van der Waals surface area (Å²) in [6, 6.07) is 3.41. The summed E-state index contributed by atoms with van der Waals surface area (Å²) < 4.78 is 5.72. The summed E-state index contributed by atoms with van der Waals surface area (Å²) in [5.74, 6) is 0.979. The van der Waals surface area contributed by atoms with Crippen molar-refractivity contribution < 1.29 is 4.74 Å². The summed E-state index contributed by atoms with van der Waals surface area (Å²) in [6.45, 7) is 0.672. The molecule has 82 valence electrons. The zero-order valence-corrected chi connectivity index (χ0v) is 9.15. The summed E-state index contributed by atoms with van der Waals surface area (Å²) in [5.41, 5.74) is 5.66. The first-order valence-corrected chi connectivity index (χ1v) is 5.53. The Morgan fingerprint density at radius 2 is 2.27 bits per heavy atom. The Kier molecular flexibility index (Phi) is 3.38. The van der Waals surface area contributed by atoms with Gasteiger partial charge in [-0.25, -0.2) is 0 Å². The van der Waals surface area contributed by atoms with Crippen LogP contribution in [0.3, 0.4) is 0 Å². The van der Waals surface area contributed by atoms with Crippen LogP contribution in [0.15, 0.2) is 12.1 Å². The van der Waals surface area contributed by atoms with Crippen LogP contribution in [0, 0.1) is 5.92 Å². The van der Waals surface area contributed by atoms with E-state index in [0.29, 0.717) is 23.5 Å². The Bertz CT molecular complexity index is 317. The standard InChI is InChI=1S/C10H14ClN3O/c11-9-4-5-10(14-13-9)15-8-3-1-2-7(8)6-12/h4-5,7-8H,1-3,6,12H2. The van der Waals surface area contributed by atoms with E-state index in [-0.39, 0.29) is 6.10 Å². The zero-order valence-electron chi connectivity index (χ0n) is 8.40. The van der Waals surface area contributed by atoms with Gasteiger partial charge < -0.3 is 10.5 Å². The lowest BCUT2D eigenvalue weighted by Gasteiger charge is -2.18. The maximum atomic E-state index is 5.72. The molecule has 2 unspecified atom stereocenters. The smallest absolute Gasteiger partial charge is 0.233 e. The minimum absolute atomic E-state index is 0.186. The SMILES string of the molecule is NCC1CCCC1Oc1ccc(Cl)nn1. The molecule has 2 rings (SSSR count). The van der Waals surface area contributed by atoms with E-state index >= 15 is 0 Å². The largest absolute Gasteiger partial charge is 0.473 e. The molecule has 15 heavy (non-hydrogen) atoms. The Balaban J connectivity index is 1.99. The topological polar surface area (TPSA) is 61.0 Å². The van der Waals surface area contributed by atoms with E-state index < -0.39 is 0 Å². The van der Waals surface area contributed by atoms with Crippen molar-refractivity contribution in [3.63, 3.8) is 0 Å². The predicted octanol–water partition coefficient (Wildman–Crippen LogP) is 1.64. The second-order valence-electron chi connectivity index (χ2n) is 3.78. The molecule has 0 aliphatic heterocycles. The maximum absolute atomic E-state index is 5.72. The molecule has 1 saturated carbocycles. The Hall–Kier alpha value is -0.870. The van der Waals surface area contributed by atoms with Crippen LogP contribution in [-0.4, -0.2) is 22.8 Å². The van der Waals surface area contributed by atoms with E-state index in [1.54, 1.807) is 12.1 Å². The summed E-state index contributed by atoms with van der Waals surface area (Å²) in [7, 11) is 0. The molecule has 1 fully saturated rings. The molecule has 2 N–H and O–H groups in total. The van der Waals surface area contributed by atoms with Crippen molar-refractivity contribution in [1.29, 1.82) is 0 Å². The quantitative estimate of drug-likeness (QED) is 0.853.